The van der Waals surface area contributed by atoms with Crippen LogP contribution >= 0.6 is 0 Å². The zero-order valence-corrected chi connectivity index (χ0v) is 15.7. The molecule has 1 amide bonds. The molecule has 0 bridgehead atoms. The molecule has 7 nitrogen and oxygen atoms in total. The second-order valence-corrected chi connectivity index (χ2v) is 6.09. The first-order valence-electron chi connectivity index (χ1n) is 8.48. The van der Waals surface area contributed by atoms with Gasteiger partial charge in [-0.25, -0.2) is 9.97 Å². The van der Waals surface area contributed by atoms with Gasteiger partial charge in [0.2, 0.25) is 5.91 Å². The van der Waals surface area contributed by atoms with Crippen molar-refractivity contribution >= 4 is 5.91 Å². The van der Waals surface area contributed by atoms with Gasteiger partial charge in [0, 0.05) is 36.8 Å². The Kier molecular flexibility index (Phi) is 6.91. The highest BCUT2D eigenvalue weighted by Gasteiger charge is 2.14. The third kappa shape index (κ3) is 5.42. The molecule has 0 spiro atoms. The van der Waals surface area contributed by atoms with Crippen LogP contribution in [0.2, 0.25) is 0 Å². The Morgan fingerprint density at radius 2 is 1.77 bits per heavy atom. The van der Waals surface area contributed by atoms with Gasteiger partial charge in [-0.1, -0.05) is 6.07 Å². The molecule has 0 saturated heterocycles. The molecule has 1 atom stereocenters. The predicted molar refractivity (Wildman–Crippen MR) is 99.3 cm³/mol. The van der Waals surface area contributed by atoms with Gasteiger partial charge in [0.1, 0.15) is 5.82 Å². The summed E-state index contributed by atoms with van der Waals surface area (Å²) < 4.78 is 10.5. The number of carbonyl (C=O) groups is 1. The summed E-state index contributed by atoms with van der Waals surface area (Å²) in [7, 11) is 3.14. The van der Waals surface area contributed by atoms with Gasteiger partial charge >= 0.3 is 0 Å². The monoisotopic (exact) mass is 358 g/mol. The zero-order valence-electron chi connectivity index (χ0n) is 15.7. The maximum Gasteiger partial charge on any atom is 0.221 e. The number of nitrogens with zero attached hydrogens (tertiary/aromatic N) is 2. The van der Waals surface area contributed by atoms with Crippen LogP contribution in [0.1, 0.15) is 35.2 Å². The number of carbonyl (C=O) groups excluding carboxylic acids is 1. The summed E-state index contributed by atoms with van der Waals surface area (Å²) >= 11 is 0. The standard InChI is InChI=1S/C19H26N4O3/c1-12-9-13(2)23-18(22-12)7-8-21-19(24)11-15(20)14-5-6-16(25-3)17(10-14)26-4/h5-6,9-10,15H,7-8,11,20H2,1-4H3,(H,21,24)/t15-/m1/s1. The van der Waals surface area contributed by atoms with Crippen LogP contribution in [0.25, 0.3) is 0 Å². The van der Waals surface area contributed by atoms with Gasteiger partial charge in [-0.15, -0.1) is 0 Å². The fourth-order valence-electron chi connectivity index (χ4n) is 2.70. The molecule has 3 N–H and O–H groups in total. The summed E-state index contributed by atoms with van der Waals surface area (Å²) in [6.07, 6.45) is 0.767. The number of nitrogens with one attached hydrogen (secondary N) is 1. The van der Waals surface area contributed by atoms with Crippen LogP contribution in [0, 0.1) is 13.8 Å². The lowest BCUT2D eigenvalue weighted by atomic mass is 10.0. The number of methoxy groups -OCH3 is 2. The topological polar surface area (TPSA) is 99.4 Å². The average molecular weight is 358 g/mol. The summed E-state index contributed by atoms with van der Waals surface area (Å²) in [5.74, 6) is 1.83. The van der Waals surface area contributed by atoms with Gasteiger partial charge < -0.3 is 20.5 Å². The van der Waals surface area contributed by atoms with E-state index in [9.17, 15) is 4.79 Å². The van der Waals surface area contributed by atoms with E-state index in [1.54, 1.807) is 26.4 Å². The van der Waals surface area contributed by atoms with E-state index in [4.69, 9.17) is 15.2 Å². The van der Waals surface area contributed by atoms with Crippen molar-refractivity contribution < 1.29 is 14.3 Å². The van der Waals surface area contributed by atoms with Crippen molar-refractivity contribution in [2.45, 2.75) is 32.7 Å². The first kappa shape index (κ1) is 19.7. The third-order valence-electron chi connectivity index (χ3n) is 3.94. The lowest BCUT2D eigenvalue weighted by molar-refractivity contribution is -0.121. The Hall–Kier alpha value is -2.67. The third-order valence-corrected chi connectivity index (χ3v) is 3.94. The van der Waals surface area contributed by atoms with Crippen LogP contribution in [0.5, 0.6) is 11.5 Å². The van der Waals surface area contributed by atoms with Gasteiger partial charge in [0.25, 0.3) is 0 Å². The molecule has 0 fully saturated rings. The molecule has 0 unspecified atom stereocenters. The van der Waals surface area contributed by atoms with E-state index in [0.29, 0.717) is 24.5 Å². The normalized spacial score (nSPS) is 11.7. The summed E-state index contributed by atoms with van der Waals surface area (Å²) in [4.78, 5) is 20.9. The molecule has 1 aromatic heterocycles. The largest absolute Gasteiger partial charge is 0.493 e. The maximum atomic E-state index is 12.1. The SMILES string of the molecule is COc1ccc([C@H](N)CC(=O)NCCc2nc(C)cc(C)n2)cc1OC. The Morgan fingerprint density at radius 3 is 2.38 bits per heavy atom. The Morgan fingerprint density at radius 1 is 1.12 bits per heavy atom. The van der Waals surface area contributed by atoms with E-state index in [1.807, 2.05) is 26.0 Å². The van der Waals surface area contributed by atoms with Gasteiger partial charge in [-0.3, -0.25) is 4.79 Å². The summed E-state index contributed by atoms with van der Waals surface area (Å²) in [6, 6.07) is 6.91. The van der Waals surface area contributed by atoms with Crippen LogP contribution in [0.15, 0.2) is 24.3 Å². The molecule has 26 heavy (non-hydrogen) atoms. The smallest absolute Gasteiger partial charge is 0.221 e. The molecule has 7 heteroatoms. The van der Waals surface area contributed by atoms with Gasteiger partial charge in [-0.05, 0) is 37.6 Å². The number of ether oxygens (including phenoxy) is 2. The Balaban J connectivity index is 1.87. The molecular formula is C19H26N4O3. The highest BCUT2D eigenvalue weighted by Crippen LogP contribution is 2.30. The number of amides is 1. The van der Waals surface area contributed by atoms with Gasteiger partial charge in [0.05, 0.1) is 14.2 Å². The number of benzene rings is 1. The van der Waals surface area contributed by atoms with E-state index < -0.39 is 6.04 Å². The number of nitrogens with two attached hydrogens (primary N) is 1. The molecule has 0 aliphatic rings. The molecule has 2 rings (SSSR count). The first-order chi connectivity index (χ1) is 12.4. The van der Waals surface area contributed by atoms with Crippen molar-refractivity contribution in [1.82, 2.24) is 15.3 Å². The lowest BCUT2D eigenvalue weighted by Gasteiger charge is -2.15. The number of hydrogen-bond donors (Lipinski definition) is 2. The molecule has 1 aromatic carbocycles. The predicted octanol–water partition coefficient (Wildman–Crippen LogP) is 1.86. The van der Waals surface area contributed by atoms with Gasteiger partial charge in [-0.2, -0.15) is 0 Å². The van der Waals surface area contributed by atoms with E-state index in [2.05, 4.69) is 15.3 Å². The molecule has 0 aliphatic heterocycles. The van der Waals surface area contributed by atoms with Crippen LogP contribution in [0.4, 0.5) is 0 Å². The van der Waals surface area contributed by atoms with Crippen molar-refractivity contribution in [1.29, 1.82) is 0 Å². The van der Waals surface area contributed by atoms with Crippen LogP contribution in [-0.2, 0) is 11.2 Å². The molecule has 2 aromatic rings. The summed E-state index contributed by atoms with van der Waals surface area (Å²) in [5.41, 5.74) is 8.82. The van der Waals surface area contributed by atoms with Crippen LogP contribution < -0.4 is 20.5 Å². The summed E-state index contributed by atoms with van der Waals surface area (Å²) in [6.45, 7) is 4.33. The van der Waals surface area contributed by atoms with E-state index in [-0.39, 0.29) is 12.3 Å². The molecule has 0 aliphatic carbocycles. The highest BCUT2D eigenvalue weighted by atomic mass is 16.5. The molecule has 140 valence electrons. The van der Waals surface area contributed by atoms with Crippen molar-refractivity contribution in [3.63, 3.8) is 0 Å². The average Bonchev–Trinajstić information content (AvgIpc) is 2.60. The molecule has 0 radical (unpaired) electrons. The fourth-order valence-corrected chi connectivity index (χ4v) is 2.70. The maximum absolute atomic E-state index is 12.1. The molecular weight excluding hydrogens is 332 g/mol. The van der Waals surface area contributed by atoms with Crippen molar-refractivity contribution in [3.05, 3.63) is 47.0 Å². The van der Waals surface area contributed by atoms with Crippen LogP contribution in [-0.4, -0.2) is 36.6 Å². The number of hydrogen-bond acceptors (Lipinski definition) is 6. The number of aromatic nitrogens is 2. The van der Waals surface area contributed by atoms with Crippen molar-refractivity contribution in [2.75, 3.05) is 20.8 Å². The highest BCUT2D eigenvalue weighted by molar-refractivity contribution is 5.76. The zero-order chi connectivity index (χ0) is 19.1. The Labute approximate surface area is 153 Å². The Bertz CT molecular complexity index is 744. The molecule has 0 saturated carbocycles. The second kappa shape index (κ2) is 9.15. The number of aryl methyl sites for hydroxylation is 2. The minimum Gasteiger partial charge on any atom is -0.493 e. The van der Waals surface area contributed by atoms with E-state index >= 15 is 0 Å². The second-order valence-electron chi connectivity index (χ2n) is 6.09. The molecule has 1 heterocycles. The minimum absolute atomic E-state index is 0.114. The first-order valence-corrected chi connectivity index (χ1v) is 8.48. The van der Waals surface area contributed by atoms with Crippen molar-refractivity contribution in [2.24, 2.45) is 5.73 Å². The summed E-state index contributed by atoms with van der Waals surface area (Å²) in [5, 5.41) is 2.87. The van der Waals surface area contributed by atoms with Crippen LogP contribution in [0.3, 0.4) is 0 Å². The lowest BCUT2D eigenvalue weighted by Crippen LogP contribution is -2.29. The van der Waals surface area contributed by atoms with E-state index in [0.717, 1.165) is 22.8 Å². The number of rotatable bonds is 8. The fraction of sp³-hybridized carbons (Fsp3) is 0.421. The van der Waals surface area contributed by atoms with E-state index in [1.165, 1.54) is 0 Å². The van der Waals surface area contributed by atoms with Gasteiger partial charge in [0.15, 0.2) is 11.5 Å². The minimum atomic E-state index is -0.424. The quantitative estimate of drug-likeness (QED) is 0.747. The van der Waals surface area contributed by atoms with Crippen molar-refractivity contribution in [3.8, 4) is 11.5 Å².